The van der Waals surface area contributed by atoms with Gasteiger partial charge in [0.15, 0.2) is 0 Å². The van der Waals surface area contributed by atoms with E-state index in [2.05, 4.69) is 83.1 Å². The highest BCUT2D eigenvalue weighted by Gasteiger charge is 1.97. The van der Waals surface area contributed by atoms with Gasteiger partial charge in [0.25, 0.3) is 0 Å². The van der Waals surface area contributed by atoms with Crippen LogP contribution in [0.5, 0.6) is 0 Å². The maximum Gasteiger partial charge on any atom is -0.0471 e. The Labute approximate surface area is 157 Å². The van der Waals surface area contributed by atoms with E-state index in [4.69, 9.17) is 0 Å². The molecule has 24 heavy (non-hydrogen) atoms. The van der Waals surface area contributed by atoms with Gasteiger partial charge in [-0.05, 0) is 35.5 Å². The van der Waals surface area contributed by atoms with E-state index in [0.29, 0.717) is 0 Å². The summed E-state index contributed by atoms with van der Waals surface area (Å²) in [4.78, 5) is 0. The summed E-state index contributed by atoms with van der Waals surface area (Å²) in [5.41, 5.74) is 0. The van der Waals surface area contributed by atoms with E-state index in [1.165, 1.54) is 38.5 Å². The average molecular weight is 343 g/mol. The molecular formula is C24H54. The van der Waals surface area contributed by atoms with Crippen LogP contribution < -0.4 is 0 Å². The highest BCUT2D eigenvalue weighted by atomic mass is 14.0. The Bertz CT molecular complexity index is 146. The van der Waals surface area contributed by atoms with Crippen molar-refractivity contribution in [3.63, 3.8) is 0 Å². The molecule has 0 nitrogen and oxygen atoms in total. The minimum atomic E-state index is 0.886. The first-order chi connectivity index (χ1) is 10.9. The van der Waals surface area contributed by atoms with Crippen LogP contribution in [-0.4, -0.2) is 0 Å². The molecule has 0 heterocycles. The minimum absolute atomic E-state index is 0.886. The zero-order valence-corrected chi connectivity index (χ0v) is 19.7. The molecule has 0 unspecified atom stereocenters. The predicted octanol–water partition coefficient (Wildman–Crippen LogP) is 9.24. The Morgan fingerprint density at radius 1 is 0.250 bits per heavy atom. The molecule has 0 aliphatic heterocycles. The van der Waals surface area contributed by atoms with Crippen molar-refractivity contribution in [2.24, 2.45) is 35.5 Å². The molecule has 0 amide bonds. The van der Waals surface area contributed by atoms with E-state index in [1.54, 1.807) is 0 Å². The predicted molar refractivity (Wildman–Crippen MR) is 117 cm³/mol. The third kappa shape index (κ3) is 43.1. The zero-order chi connectivity index (χ0) is 19.7. The van der Waals surface area contributed by atoms with Crippen molar-refractivity contribution >= 4 is 0 Å². The lowest BCUT2D eigenvalue weighted by atomic mass is 10.0. The zero-order valence-electron chi connectivity index (χ0n) is 19.7. The third-order valence-electron chi connectivity index (χ3n) is 3.96. The van der Waals surface area contributed by atoms with Crippen molar-refractivity contribution in [3.05, 3.63) is 0 Å². The molecule has 0 bridgehead atoms. The molecular weight excluding hydrogens is 288 g/mol. The summed E-state index contributed by atoms with van der Waals surface area (Å²) >= 11 is 0. The summed E-state index contributed by atoms with van der Waals surface area (Å²) in [5.74, 6) is 5.32. The molecule has 0 saturated heterocycles. The van der Waals surface area contributed by atoms with Crippen LogP contribution in [0.1, 0.15) is 122 Å². The van der Waals surface area contributed by atoms with Gasteiger partial charge in [0.1, 0.15) is 0 Å². The van der Waals surface area contributed by atoms with E-state index in [-0.39, 0.29) is 0 Å². The highest BCUT2D eigenvalue weighted by molar-refractivity contribution is 4.49. The molecule has 0 saturated carbocycles. The first-order valence-corrected chi connectivity index (χ1v) is 10.9. The Kier molecular flexibility index (Phi) is 23.2. The summed E-state index contributed by atoms with van der Waals surface area (Å²) in [6.45, 7) is 27.4. The average Bonchev–Trinajstić information content (AvgIpc) is 2.42. The normalized spacial score (nSPS) is 11.2. The smallest absolute Gasteiger partial charge is 0.0471 e. The molecule has 0 rings (SSSR count). The SMILES string of the molecule is CC(C)CCC(C)C.CC(C)CCC(C)C.CC(C)CCC(C)C. The van der Waals surface area contributed by atoms with Crippen LogP contribution >= 0.6 is 0 Å². The van der Waals surface area contributed by atoms with Crippen molar-refractivity contribution in [2.75, 3.05) is 0 Å². The largest absolute Gasteiger partial charge is 0.0628 e. The number of rotatable bonds is 9. The fraction of sp³-hybridized carbons (Fsp3) is 1.00. The summed E-state index contributed by atoms with van der Waals surface area (Å²) in [6, 6.07) is 0. The van der Waals surface area contributed by atoms with Crippen molar-refractivity contribution < 1.29 is 0 Å². The second-order valence-corrected chi connectivity index (χ2v) is 10.1. The highest BCUT2D eigenvalue weighted by Crippen LogP contribution is 2.11. The van der Waals surface area contributed by atoms with E-state index < -0.39 is 0 Å². The molecule has 0 aromatic carbocycles. The van der Waals surface area contributed by atoms with E-state index >= 15 is 0 Å². The lowest BCUT2D eigenvalue weighted by Crippen LogP contribution is -1.91. The van der Waals surface area contributed by atoms with Crippen LogP contribution in [-0.2, 0) is 0 Å². The lowest BCUT2D eigenvalue weighted by molar-refractivity contribution is 0.476. The van der Waals surface area contributed by atoms with E-state index in [1.807, 2.05) is 0 Å². The standard InChI is InChI=1S/3C8H18/c3*1-7(2)5-6-8(3)4/h3*7-8H,5-6H2,1-4H3. The molecule has 0 radical (unpaired) electrons. The van der Waals surface area contributed by atoms with Gasteiger partial charge in [-0.15, -0.1) is 0 Å². The van der Waals surface area contributed by atoms with Crippen LogP contribution in [0, 0.1) is 35.5 Å². The maximum absolute atomic E-state index is 2.28. The third-order valence-corrected chi connectivity index (χ3v) is 3.96. The fourth-order valence-corrected chi connectivity index (χ4v) is 2.00. The molecule has 0 aromatic rings. The van der Waals surface area contributed by atoms with Gasteiger partial charge < -0.3 is 0 Å². The molecule has 0 fully saturated rings. The van der Waals surface area contributed by atoms with Gasteiger partial charge in [-0.25, -0.2) is 0 Å². The molecule has 0 heteroatoms. The molecule has 0 atom stereocenters. The Morgan fingerprint density at radius 3 is 0.375 bits per heavy atom. The molecule has 0 spiro atoms. The van der Waals surface area contributed by atoms with Crippen LogP contribution in [0.2, 0.25) is 0 Å². The summed E-state index contributed by atoms with van der Waals surface area (Å²) in [6.07, 6.45) is 8.32. The molecule has 0 aliphatic rings. The van der Waals surface area contributed by atoms with Crippen LogP contribution in [0.3, 0.4) is 0 Å². The molecule has 0 N–H and O–H groups in total. The second kappa shape index (κ2) is 19.3. The van der Waals surface area contributed by atoms with Crippen molar-refractivity contribution in [1.82, 2.24) is 0 Å². The summed E-state index contributed by atoms with van der Waals surface area (Å²) < 4.78 is 0. The molecule has 0 aromatic heterocycles. The van der Waals surface area contributed by atoms with Gasteiger partial charge in [0.05, 0.1) is 0 Å². The maximum atomic E-state index is 2.28. The molecule has 150 valence electrons. The van der Waals surface area contributed by atoms with Gasteiger partial charge >= 0.3 is 0 Å². The van der Waals surface area contributed by atoms with E-state index in [9.17, 15) is 0 Å². The van der Waals surface area contributed by atoms with Gasteiger partial charge in [0.2, 0.25) is 0 Å². The van der Waals surface area contributed by atoms with Crippen LogP contribution in [0.25, 0.3) is 0 Å². The van der Waals surface area contributed by atoms with Crippen molar-refractivity contribution in [3.8, 4) is 0 Å². The quantitative estimate of drug-likeness (QED) is 0.391. The van der Waals surface area contributed by atoms with Gasteiger partial charge in [-0.3, -0.25) is 0 Å². The fourth-order valence-electron chi connectivity index (χ4n) is 2.00. The lowest BCUT2D eigenvalue weighted by Gasteiger charge is -2.05. The number of hydrogen-bond donors (Lipinski definition) is 0. The monoisotopic (exact) mass is 342 g/mol. The Hall–Kier alpha value is 0. The number of hydrogen-bond acceptors (Lipinski definition) is 0. The topological polar surface area (TPSA) is 0 Å². The summed E-state index contributed by atoms with van der Waals surface area (Å²) in [7, 11) is 0. The molecule has 0 aliphatic carbocycles. The van der Waals surface area contributed by atoms with Crippen molar-refractivity contribution in [2.45, 2.75) is 122 Å². The Balaban J connectivity index is -0.000000276. The first kappa shape index (κ1) is 28.8. The van der Waals surface area contributed by atoms with Gasteiger partial charge in [0, 0.05) is 0 Å². The van der Waals surface area contributed by atoms with Gasteiger partial charge in [-0.2, -0.15) is 0 Å². The Morgan fingerprint density at radius 2 is 0.333 bits per heavy atom. The minimum Gasteiger partial charge on any atom is -0.0628 e. The first-order valence-electron chi connectivity index (χ1n) is 10.9. The van der Waals surface area contributed by atoms with Gasteiger partial charge in [-0.1, -0.05) is 122 Å². The van der Waals surface area contributed by atoms with Crippen LogP contribution in [0.4, 0.5) is 0 Å². The second-order valence-electron chi connectivity index (χ2n) is 10.1. The summed E-state index contributed by atoms with van der Waals surface area (Å²) in [5, 5.41) is 0. The van der Waals surface area contributed by atoms with E-state index in [0.717, 1.165) is 35.5 Å². The van der Waals surface area contributed by atoms with Crippen molar-refractivity contribution in [1.29, 1.82) is 0 Å². The van der Waals surface area contributed by atoms with Crippen LogP contribution in [0.15, 0.2) is 0 Å².